The van der Waals surface area contributed by atoms with Crippen LogP contribution in [0.5, 0.6) is 0 Å². The van der Waals surface area contributed by atoms with Crippen molar-refractivity contribution in [2.45, 2.75) is 19.1 Å². The second-order valence-electron chi connectivity index (χ2n) is 3.56. The Labute approximate surface area is 103 Å². The van der Waals surface area contributed by atoms with Crippen molar-refractivity contribution >= 4 is 22.7 Å². The van der Waals surface area contributed by atoms with E-state index < -0.39 is 6.10 Å². The second kappa shape index (κ2) is 5.54. The highest BCUT2D eigenvalue weighted by molar-refractivity contribution is 7.10. The molecule has 2 heterocycles. The number of hydrogen-bond acceptors (Lipinski definition) is 5. The Kier molecular flexibility index (Phi) is 4.06. The molecule has 0 aliphatic carbocycles. The lowest BCUT2D eigenvalue weighted by Crippen LogP contribution is -2.23. The Morgan fingerprint density at radius 1 is 1.44 bits per heavy atom. The number of thiophene rings is 1. The van der Waals surface area contributed by atoms with Gasteiger partial charge in [-0.1, -0.05) is 6.07 Å². The molecule has 2 atom stereocenters. The van der Waals surface area contributed by atoms with Crippen molar-refractivity contribution in [3.63, 3.8) is 0 Å². The molecule has 0 aromatic carbocycles. The van der Waals surface area contributed by atoms with Crippen LogP contribution in [0, 0.1) is 0 Å². The van der Waals surface area contributed by atoms with Crippen molar-refractivity contribution in [1.29, 1.82) is 0 Å². The fraction of sp³-hybridized carbons (Fsp3) is 0.364. The van der Waals surface area contributed by atoms with Gasteiger partial charge >= 0.3 is 0 Å². The van der Waals surface area contributed by atoms with Crippen LogP contribution < -0.4 is 5.32 Å². The molecule has 0 radical (unpaired) electrons. The molecule has 0 aliphatic heterocycles. The molecule has 5 heteroatoms. The highest BCUT2D eigenvalue weighted by Gasteiger charge is 2.11. The normalized spacial score (nSPS) is 14.9. The minimum absolute atomic E-state index is 0.238. The first-order valence-electron chi connectivity index (χ1n) is 5.10. The van der Waals surface area contributed by atoms with Gasteiger partial charge in [-0.3, -0.25) is 4.98 Å². The molecule has 0 spiro atoms. The number of nitrogens with one attached hydrogen (secondary N) is 1. The Morgan fingerprint density at radius 3 is 2.94 bits per heavy atom. The Morgan fingerprint density at radius 2 is 2.31 bits per heavy atom. The number of nitrogens with zero attached hydrogens (tertiary/aromatic N) is 1. The highest BCUT2D eigenvalue weighted by Crippen LogP contribution is 2.20. The van der Waals surface area contributed by atoms with E-state index in [-0.39, 0.29) is 6.04 Å². The molecule has 2 rings (SSSR count). The summed E-state index contributed by atoms with van der Waals surface area (Å²) in [5.41, 5.74) is 1.82. The van der Waals surface area contributed by atoms with Gasteiger partial charge in [0.25, 0.3) is 0 Å². The molecular weight excluding hydrogens is 240 g/mol. The Balaban J connectivity index is 1.84. The molecule has 0 saturated heterocycles. The third kappa shape index (κ3) is 2.89. The second-order valence-corrected chi connectivity index (χ2v) is 5.46. The molecule has 0 saturated carbocycles. The van der Waals surface area contributed by atoms with Gasteiger partial charge < -0.3 is 10.4 Å². The van der Waals surface area contributed by atoms with Crippen LogP contribution in [0.4, 0.5) is 0 Å². The maximum absolute atomic E-state index is 9.89. The van der Waals surface area contributed by atoms with E-state index in [9.17, 15) is 5.11 Å². The van der Waals surface area contributed by atoms with Gasteiger partial charge in [0.15, 0.2) is 0 Å². The van der Waals surface area contributed by atoms with Gasteiger partial charge in [0.05, 0.1) is 5.51 Å². The van der Waals surface area contributed by atoms with E-state index in [1.165, 1.54) is 4.88 Å². The summed E-state index contributed by atoms with van der Waals surface area (Å²) in [6.07, 6.45) is 1.44. The summed E-state index contributed by atoms with van der Waals surface area (Å²) in [4.78, 5) is 6.23. The predicted molar refractivity (Wildman–Crippen MR) is 67.8 cm³/mol. The molecule has 3 nitrogen and oxygen atoms in total. The van der Waals surface area contributed by atoms with Crippen LogP contribution in [0.1, 0.15) is 28.8 Å². The lowest BCUT2D eigenvalue weighted by Gasteiger charge is -2.14. The SMILES string of the molecule is CC(NCC(O)c1cccs1)c1cncs1. The maximum atomic E-state index is 9.89. The average molecular weight is 254 g/mol. The maximum Gasteiger partial charge on any atom is 0.101 e. The van der Waals surface area contributed by atoms with Gasteiger partial charge in [-0.2, -0.15) is 0 Å². The largest absolute Gasteiger partial charge is 0.386 e. The topological polar surface area (TPSA) is 45.1 Å². The molecule has 0 fully saturated rings. The summed E-state index contributed by atoms with van der Waals surface area (Å²) in [6.45, 7) is 2.65. The van der Waals surface area contributed by atoms with Gasteiger partial charge in [0, 0.05) is 28.5 Å². The number of aliphatic hydroxyl groups is 1. The van der Waals surface area contributed by atoms with Crippen LogP contribution in [0.25, 0.3) is 0 Å². The predicted octanol–water partition coefficient (Wildman–Crippen LogP) is 2.59. The van der Waals surface area contributed by atoms with E-state index in [0.717, 1.165) is 4.88 Å². The van der Waals surface area contributed by atoms with Gasteiger partial charge in [-0.25, -0.2) is 0 Å². The van der Waals surface area contributed by atoms with Crippen molar-refractivity contribution in [1.82, 2.24) is 10.3 Å². The van der Waals surface area contributed by atoms with Gasteiger partial charge in [-0.15, -0.1) is 22.7 Å². The fourth-order valence-electron chi connectivity index (χ4n) is 1.41. The van der Waals surface area contributed by atoms with E-state index in [4.69, 9.17) is 0 Å². The number of aliphatic hydroxyl groups excluding tert-OH is 1. The summed E-state index contributed by atoms with van der Waals surface area (Å²) in [5, 5.41) is 15.2. The van der Waals surface area contributed by atoms with E-state index in [2.05, 4.69) is 17.2 Å². The quantitative estimate of drug-likeness (QED) is 0.862. The molecule has 16 heavy (non-hydrogen) atoms. The zero-order chi connectivity index (χ0) is 11.4. The number of aromatic nitrogens is 1. The Bertz CT molecular complexity index is 359. The van der Waals surface area contributed by atoms with Crippen molar-refractivity contribution in [3.05, 3.63) is 39.0 Å². The van der Waals surface area contributed by atoms with E-state index in [1.807, 2.05) is 29.2 Å². The zero-order valence-corrected chi connectivity index (χ0v) is 10.6. The van der Waals surface area contributed by atoms with Crippen LogP contribution in [0.2, 0.25) is 0 Å². The first-order chi connectivity index (χ1) is 7.77. The van der Waals surface area contributed by atoms with Crippen LogP contribution in [-0.4, -0.2) is 16.6 Å². The standard InChI is InChI=1S/C11H14N2OS2/c1-8(11-6-12-7-16-11)13-5-9(14)10-3-2-4-15-10/h2-4,6-9,13-14H,5H2,1H3. The van der Waals surface area contributed by atoms with Crippen molar-refractivity contribution < 1.29 is 5.11 Å². The molecule has 2 unspecified atom stereocenters. The monoisotopic (exact) mass is 254 g/mol. The fourth-order valence-corrected chi connectivity index (χ4v) is 2.77. The average Bonchev–Trinajstić information content (AvgIpc) is 2.95. The van der Waals surface area contributed by atoms with Crippen LogP contribution >= 0.6 is 22.7 Å². The number of rotatable bonds is 5. The number of hydrogen-bond donors (Lipinski definition) is 2. The number of thiazole rings is 1. The van der Waals surface area contributed by atoms with E-state index in [0.29, 0.717) is 6.54 Å². The lowest BCUT2D eigenvalue weighted by molar-refractivity contribution is 0.174. The molecule has 2 aromatic rings. The molecule has 2 aromatic heterocycles. The van der Waals surface area contributed by atoms with Gasteiger partial charge in [0.1, 0.15) is 6.10 Å². The van der Waals surface area contributed by atoms with Crippen molar-refractivity contribution in [3.8, 4) is 0 Å². The molecule has 0 amide bonds. The summed E-state index contributed by atoms with van der Waals surface area (Å²) in [7, 11) is 0. The van der Waals surface area contributed by atoms with Crippen LogP contribution in [0.3, 0.4) is 0 Å². The molecular formula is C11H14N2OS2. The minimum atomic E-state index is -0.421. The summed E-state index contributed by atoms with van der Waals surface area (Å²) in [6, 6.07) is 4.15. The minimum Gasteiger partial charge on any atom is -0.386 e. The first-order valence-corrected chi connectivity index (χ1v) is 6.86. The van der Waals surface area contributed by atoms with E-state index in [1.54, 1.807) is 22.7 Å². The summed E-state index contributed by atoms with van der Waals surface area (Å²) < 4.78 is 0. The first kappa shape index (κ1) is 11.7. The zero-order valence-electron chi connectivity index (χ0n) is 8.96. The third-order valence-electron chi connectivity index (χ3n) is 2.37. The molecule has 2 N–H and O–H groups in total. The third-order valence-corrected chi connectivity index (χ3v) is 4.30. The lowest BCUT2D eigenvalue weighted by atomic mass is 10.2. The van der Waals surface area contributed by atoms with Gasteiger partial charge in [-0.05, 0) is 18.4 Å². The Hall–Kier alpha value is -0.750. The molecule has 0 bridgehead atoms. The highest BCUT2D eigenvalue weighted by atomic mass is 32.1. The smallest absolute Gasteiger partial charge is 0.101 e. The molecule has 86 valence electrons. The van der Waals surface area contributed by atoms with Crippen LogP contribution in [0.15, 0.2) is 29.2 Å². The summed E-state index contributed by atoms with van der Waals surface area (Å²) in [5.74, 6) is 0. The molecule has 0 aliphatic rings. The van der Waals surface area contributed by atoms with E-state index >= 15 is 0 Å². The van der Waals surface area contributed by atoms with Crippen LogP contribution in [-0.2, 0) is 0 Å². The van der Waals surface area contributed by atoms with Crippen molar-refractivity contribution in [2.75, 3.05) is 6.54 Å². The summed E-state index contributed by atoms with van der Waals surface area (Å²) >= 11 is 3.21. The van der Waals surface area contributed by atoms with Gasteiger partial charge in [0.2, 0.25) is 0 Å². The van der Waals surface area contributed by atoms with Crippen molar-refractivity contribution in [2.24, 2.45) is 0 Å².